The van der Waals surface area contributed by atoms with Gasteiger partial charge < -0.3 is 20.1 Å². The first-order valence-corrected chi connectivity index (χ1v) is 7.64. The molecule has 5 nitrogen and oxygen atoms in total. The first-order valence-electron chi connectivity index (χ1n) is 7.64. The molecule has 1 heterocycles. The molecular weight excluding hydrogens is 256 g/mol. The van der Waals surface area contributed by atoms with Crippen molar-refractivity contribution >= 4 is 6.09 Å². The standard InChI is InChI=1S/C15H30N2O3/c1-5-20-14(19)17-8-6-12(7-9-17)16-13(11-18)10-15(2,3)4/h12-13,16,18H,5-11H2,1-4H3. The number of carbonyl (C=O) groups excluding carboxylic acids is 1. The van der Waals surface area contributed by atoms with Gasteiger partial charge in [0.25, 0.3) is 0 Å². The molecule has 0 bridgehead atoms. The maximum atomic E-state index is 11.6. The van der Waals surface area contributed by atoms with Gasteiger partial charge >= 0.3 is 6.09 Å². The van der Waals surface area contributed by atoms with Crippen LogP contribution in [-0.2, 0) is 4.74 Å². The second-order valence-corrected chi connectivity index (χ2v) is 6.77. The fraction of sp³-hybridized carbons (Fsp3) is 0.933. The van der Waals surface area contributed by atoms with E-state index in [1.807, 2.05) is 6.92 Å². The maximum absolute atomic E-state index is 11.6. The molecule has 1 saturated heterocycles. The molecule has 1 aliphatic heterocycles. The Bertz CT molecular complexity index is 294. The average molecular weight is 286 g/mol. The molecule has 0 aromatic heterocycles. The molecule has 20 heavy (non-hydrogen) atoms. The number of nitrogens with one attached hydrogen (secondary N) is 1. The van der Waals surface area contributed by atoms with E-state index in [4.69, 9.17) is 4.74 Å². The molecule has 0 saturated carbocycles. The van der Waals surface area contributed by atoms with E-state index >= 15 is 0 Å². The predicted octanol–water partition coefficient (Wildman–Crippen LogP) is 1.99. The van der Waals surface area contributed by atoms with Crippen LogP contribution in [0, 0.1) is 5.41 Å². The minimum atomic E-state index is -0.209. The lowest BCUT2D eigenvalue weighted by atomic mass is 9.87. The summed E-state index contributed by atoms with van der Waals surface area (Å²) in [5, 5.41) is 13.0. The van der Waals surface area contributed by atoms with Crippen molar-refractivity contribution < 1.29 is 14.6 Å². The van der Waals surface area contributed by atoms with Gasteiger partial charge in [-0.25, -0.2) is 4.79 Å². The summed E-state index contributed by atoms with van der Waals surface area (Å²) < 4.78 is 5.01. The van der Waals surface area contributed by atoms with Gasteiger partial charge in [0.2, 0.25) is 0 Å². The number of ether oxygens (including phenoxy) is 1. The summed E-state index contributed by atoms with van der Waals surface area (Å²) in [5.74, 6) is 0. The van der Waals surface area contributed by atoms with E-state index in [9.17, 15) is 9.90 Å². The van der Waals surface area contributed by atoms with Crippen LogP contribution in [0.1, 0.15) is 47.0 Å². The highest BCUT2D eigenvalue weighted by Gasteiger charge is 2.26. The van der Waals surface area contributed by atoms with Gasteiger partial charge in [-0.05, 0) is 31.6 Å². The highest BCUT2D eigenvalue weighted by Crippen LogP contribution is 2.22. The maximum Gasteiger partial charge on any atom is 0.409 e. The van der Waals surface area contributed by atoms with Crippen molar-refractivity contribution in [3.8, 4) is 0 Å². The number of hydrogen-bond acceptors (Lipinski definition) is 4. The number of likely N-dealkylation sites (tertiary alicyclic amines) is 1. The number of piperidine rings is 1. The molecule has 1 atom stereocenters. The van der Waals surface area contributed by atoms with Gasteiger partial charge in [-0.15, -0.1) is 0 Å². The molecule has 0 aliphatic carbocycles. The fourth-order valence-corrected chi connectivity index (χ4v) is 2.69. The van der Waals surface area contributed by atoms with Crippen LogP contribution >= 0.6 is 0 Å². The van der Waals surface area contributed by atoms with Crippen molar-refractivity contribution in [3.05, 3.63) is 0 Å². The van der Waals surface area contributed by atoms with Crippen molar-refractivity contribution in [1.82, 2.24) is 10.2 Å². The highest BCUT2D eigenvalue weighted by molar-refractivity contribution is 5.67. The largest absolute Gasteiger partial charge is 0.450 e. The molecule has 1 aliphatic rings. The average Bonchev–Trinajstić information content (AvgIpc) is 2.37. The van der Waals surface area contributed by atoms with Crippen LogP contribution in [0.15, 0.2) is 0 Å². The topological polar surface area (TPSA) is 61.8 Å². The summed E-state index contributed by atoms with van der Waals surface area (Å²) in [6.45, 7) is 10.4. The third kappa shape index (κ3) is 6.09. The monoisotopic (exact) mass is 286 g/mol. The molecule has 5 heteroatoms. The lowest BCUT2D eigenvalue weighted by Crippen LogP contribution is -2.49. The lowest BCUT2D eigenvalue weighted by Gasteiger charge is -2.35. The SMILES string of the molecule is CCOC(=O)N1CCC(NC(CO)CC(C)(C)C)CC1. The van der Waals surface area contributed by atoms with E-state index < -0.39 is 0 Å². The first kappa shape index (κ1) is 17.2. The Balaban J connectivity index is 2.35. The summed E-state index contributed by atoms with van der Waals surface area (Å²) in [7, 11) is 0. The van der Waals surface area contributed by atoms with Crippen LogP contribution in [0.5, 0.6) is 0 Å². The lowest BCUT2D eigenvalue weighted by molar-refractivity contribution is 0.0915. The molecule has 1 unspecified atom stereocenters. The molecule has 1 rings (SSSR count). The Morgan fingerprint density at radius 3 is 2.45 bits per heavy atom. The number of nitrogens with zero attached hydrogens (tertiary/aromatic N) is 1. The molecule has 0 aromatic carbocycles. The molecule has 1 amide bonds. The Morgan fingerprint density at radius 2 is 2.00 bits per heavy atom. The summed E-state index contributed by atoms with van der Waals surface area (Å²) in [6.07, 6.45) is 2.57. The molecule has 118 valence electrons. The fourth-order valence-electron chi connectivity index (χ4n) is 2.69. The number of carbonyl (C=O) groups is 1. The molecule has 0 spiro atoms. The van der Waals surface area contributed by atoms with E-state index in [-0.39, 0.29) is 24.2 Å². The van der Waals surface area contributed by atoms with Crippen LogP contribution in [0.2, 0.25) is 0 Å². The quantitative estimate of drug-likeness (QED) is 0.811. The van der Waals surface area contributed by atoms with Gasteiger partial charge in [0.1, 0.15) is 0 Å². The van der Waals surface area contributed by atoms with Gasteiger partial charge in [-0.3, -0.25) is 0 Å². The number of hydrogen-bond donors (Lipinski definition) is 2. The summed E-state index contributed by atoms with van der Waals surface area (Å²) in [6, 6.07) is 0.509. The highest BCUT2D eigenvalue weighted by atomic mass is 16.6. The number of aliphatic hydroxyl groups excluding tert-OH is 1. The number of aliphatic hydroxyl groups is 1. The van der Waals surface area contributed by atoms with Gasteiger partial charge in [-0.1, -0.05) is 20.8 Å². The van der Waals surface area contributed by atoms with Crippen LogP contribution in [0.3, 0.4) is 0 Å². The molecule has 1 fully saturated rings. The zero-order valence-electron chi connectivity index (χ0n) is 13.3. The minimum absolute atomic E-state index is 0.133. The normalized spacial score (nSPS) is 18.9. The van der Waals surface area contributed by atoms with Crippen LogP contribution in [-0.4, -0.2) is 54.5 Å². The Labute approximate surface area is 122 Å². The van der Waals surface area contributed by atoms with Gasteiger partial charge in [-0.2, -0.15) is 0 Å². The minimum Gasteiger partial charge on any atom is -0.450 e. The van der Waals surface area contributed by atoms with Crippen LogP contribution in [0.25, 0.3) is 0 Å². The van der Waals surface area contributed by atoms with E-state index in [0.29, 0.717) is 12.6 Å². The Hall–Kier alpha value is -0.810. The zero-order valence-corrected chi connectivity index (χ0v) is 13.3. The number of amides is 1. The predicted molar refractivity (Wildman–Crippen MR) is 79.7 cm³/mol. The summed E-state index contributed by atoms with van der Waals surface area (Å²) >= 11 is 0. The van der Waals surface area contributed by atoms with Crippen molar-refractivity contribution in [3.63, 3.8) is 0 Å². The van der Waals surface area contributed by atoms with Crippen molar-refractivity contribution in [2.45, 2.75) is 59.0 Å². The van der Waals surface area contributed by atoms with E-state index in [1.165, 1.54) is 0 Å². The second kappa shape index (κ2) is 7.84. The Kier molecular flexibility index (Phi) is 6.76. The molecule has 0 radical (unpaired) electrons. The smallest absolute Gasteiger partial charge is 0.409 e. The van der Waals surface area contributed by atoms with Gasteiger partial charge in [0.05, 0.1) is 13.2 Å². The third-order valence-corrected chi connectivity index (χ3v) is 3.57. The molecular formula is C15H30N2O3. The van der Waals surface area contributed by atoms with Crippen LogP contribution < -0.4 is 5.32 Å². The van der Waals surface area contributed by atoms with E-state index in [0.717, 1.165) is 32.4 Å². The van der Waals surface area contributed by atoms with Crippen molar-refractivity contribution in [2.24, 2.45) is 5.41 Å². The second-order valence-electron chi connectivity index (χ2n) is 6.77. The summed E-state index contributed by atoms with van der Waals surface area (Å²) in [4.78, 5) is 13.4. The number of rotatable bonds is 5. The van der Waals surface area contributed by atoms with Crippen LogP contribution in [0.4, 0.5) is 4.79 Å². The van der Waals surface area contributed by atoms with Gasteiger partial charge in [0.15, 0.2) is 0 Å². The molecule has 0 aromatic rings. The zero-order chi connectivity index (χ0) is 15.2. The molecule has 2 N–H and O–H groups in total. The van der Waals surface area contributed by atoms with E-state index in [1.54, 1.807) is 4.90 Å². The van der Waals surface area contributed by atoms with Crippen molar-refractivity contribution in [1.29, 1.82) is 0 Å². The van der Waals surface area contributed by atoms with Gasteiger partial charge in [0, 0.05) is 25.2 Å². The summed E-state index contributed by atoms with van der Waals surface area (Å²) in [5.41, 5.74) is 0.200. The Morgan fingerprint density at radius 1 is 1.40 bits per heavy atom. The third-order valence-electron chi connectivity index (χ3n) is 3.57. The first-order chi connectivity index (χ1) is 9.35. The van der Waals surface area contributed by atoms with Crippen molar-refractivity contribution in [2.75, 3.05) is 26.3 Å². The van der Waals surface area contributed by atoms with E-state index in [2.05, 4.69) is 26.1 Å².